The lowest BCUT2D eigenvalue weighted by Crippen LogP contribution is -2.45. The predicted molar refractivity (Wildman–Crippen MR) is 67.5 cm³/mol. The van der Waals surface area contributed by atoms with E-state index in [4.69, 9.17) is 15.3 Å². The summed E-state index contributed by atoms with van der Waals surface area (Å²) in [4.78, 5) is 0. The molecule has 0 spiro atoms. The fourth-order valence-electron chi connectivity index (χ4n) is 2.89. The number of nitrogens with one attached hydrogen (secondary N) is 1. The van der Waals surface area contributed by atoms with Gasteiger partial charge in [0.2, 0.25) is 0 Å². The molecule has 0 amide bonds. The van der Waals surface area contributed by atoms with E-state index in [0.717, 1.165) is 18.9 Å². The highest BCUT2D eigenvalue weighted by Crippen LogP contribution is 2.36. The van der Waals surface area contributed by atoms with Crippen molar-refractivity contribution in [2.24, 2.45) is 11.8 Å². The first-order valence-corrected chi connectivity index (χ1v) is 6.95. The number of nitrogens with two attached hydrogens (primary N) is 1. The lowest BCUT2D eigenvalue weighted by atomic mass is 9.99. The van der Waals surface area contributed by atoms with E-state index in [1.54, 1.807) is 7.11 Å². The first-order chi connectivity index (χ1) is 8.35. The van der Waals surface area contributed by atoms with E-state index in [1.165, 1.54) is 38.5 Å². The second-order valence-electron chi connectivity index (χ2n) is 5.38. The van der Waals surface area contributed by atoms with Gasteiger partial charge < -0.3 is 9.47 Å². The lowest BCUT2D eigenvalue weighted by Gasteiger charge is -2.25. The summed E-state index contributed by atoms with van der Waals surface area (Å²) < 4.78 is 11.2. The molecule has 0 aromatic rings. The van der Waals surface area contributed by atoms with Gasteiger partial charge in [0.25, 0.3) is 0 Å². The molecule has 0 bridgehead atoms. The van der Waals surface area contributed by atoms with Crippen LogP contribution in [0.2, 0.25) is 0 Å². The van der Waals surface area contributed by atoms with Gasteiger partial charge in [-0.1, -0.05) is 0 Å². The third-order valence-corrected chi connectivity index (χ3v) is 4.03. The van der Waals surface area contributed by atoms with E-state index in [0.29, 0.717) is 18.2 Å². The number of rotatable bonds is 8. The summed E-state index contributed by atoms with van der Waals surface area (Å²) >= 11 is 0. The SMILES string of the molecule is COC(C1CC1)C(CCCC1CCCO1)NN. The minimum atomic E-state index is 0.296. The Morgan fingerprint density at radius 2 is 2.24 bits per heavy atom. The molecule has 17 heavy (non-hydrogen) atoms. The zero-order valence-corrected chi connectivity index (χ0v) is 10.9. The maximum absolute atomic E-state index is 5.65. The van der Waals surface area contributed by atoms with Crippen LogP contribution >= 0.6 is 0 Å². The maximum atomic E-state index is 5.65. The van der Waals surface area contributed by atoms with Gasteiger partial charge in [-0.3, -0.25) is 11.3 Å². The minimum absolute atomic E-state index is 0.296. The summed E-state index contributed by atoms with van der Waals surface area (Å²) in [5.41, 5.74) is 2.93. The maximum Gasteiger partial charge on any atom is 0.0765 e. The van der Waals surface area contributed by atoms with E-state index in [9.17, 15) is 0 Å². The lowest BCUT2D eigenvalue weighted by molar-refractivity contribution is 0.0448. The van der Waals surface area contributed by atoms with Crippen LogP contribution in [0.25, 0.3) is 0 Å². The summed E-state index contributed by atoms with van der Waals surface area (Å²) in [6.45, 7) is 0.950. The Morgan fingerprint density at radius 1 is 1.41 bits per heavy atom. The molecular formula is C13H26N2O2. The molecule has 3 N–H and O–H groups in total. The van der Waals surface area contributed by atoms with Crippen molar-refractivity contribution in [1.82, 2.24) is 5.43 Å². The highest BCUT2D eigenvalue weighted by Gasteiger charge is 2.36. The van der Waals surface area contributed by atoms with Crippen LogP contribution in [0.4, 0.5) is 0 Å². The molecule has 100 valence electrons. The number of ether oxygens (including phenoxy) is 2. The van der Waals surface area contributed by atoms with Crippen molar-refractivity contribution in [3.63, 3.8) is 0 Å². The molecule has 1 aliphatic heterocycles. The molecule has 3 atom stereocenters. The molecule has 4 nitrogen and oxygen atoms in total. The Balaban J connectivity index is 1.66. The molecule has 3 unspecified atom stereocenters. The Labute approximate surface area is 104 Å². The molecule has 2 rings (SSSR count). The van der Waals surface area contributed by atoms with Gasteiger partial charge in [0.15, 0.2) is 0 Å². The topological polar surface area (TPSA) is 56.5 Å². The molecule has 4 heteroatoms. The number of hydrogen-bond donors (Lipinski definition) is 2. The third-order valence-electron chi connectivity index (χ3n) is 4.03. The predicted octanol–water partition coefficient (Wildman–Crippen LogP) is 1.59. The Morgan fingerprint density at radius 3 is 2.76 bits per heavy atom. The molecule has 1 heterocycles. The molecule has 0 radical (unpaired) electrons. The van der Waals surface area contributed by atoms with Crippen molar-refractivity contribution in [3.05, 3.63) is 0 Å². The van der Waals surface area contributed by atoms with Crippen molar-refractivity contribution < 1.29 is 9.47 Å². The quantitative estimate of drug-likeness (QED) is 0.501. The van der Waals surface area contributed by atoms with Crippen molar-refractivity contribution in [3.8, 4) is 0 Å². The molecule has 1 aliphatic carbocycles. The van der Waals surface area contributed by atoms with Crippen molar-refractivity contribution in [2.75, 3.05) is 13.7 Å². The summed E-state index contributed by atoms with van der Waals surface area (Å²) in [7, 11) is 1.80. The number of hydrazine groups is 1. The van der Waals surface area contributed by atoms with Crippen molar-refractivity contribution in [2.45, 2.75) is 63.2 Å². The molecule has 1 saturated carbocycles. The Hall–Kier alpha value is -0.160. The van der Waals surface area contributed by atoms with Crippen LogP contribution in [-0.4, -0.2) is 32.0 Å². The summed E-state index contributed by atoms with van der Waals surface area (Å²) in [6.07, 6.45) is 9.27. The molecule has 2 fully saturated rings. The smallest absolute Gasteiger partial charge is 0.0765 e. The van der Waals surface area contributed by atoms with Gasteiger partial charge in [-0.15, -0.1) is 0 Å². The Kier molecular flexibility index (Phi) is 5.22. The largest absolute Gasteiger partial charge is 0.379 e. The van der Waals surface area contributed by atoms with Gasteiger partial charge in [-0.05, 0) is 50.9 Å². The average Bonchev–Trinajstić information content (AvgIpc) is 3.04. The van der Waals surface area contributed by atoms with E-state index in [1.807, 2.05) is 0 Å². The molecule has 1 saturated heterocycles. The van der Waals surface area contributed by atoms with Crippen LogP contribution in [0.1, 0.15) is 44.9 Å². The minimum Gasteiger partial charge on any atom is -0.379 e. The standard InChI is InChI=1S/C13H26N2O2/c1-16-13(10-7-8-10)12(15-14)6-2-4-11-5-3-9-17-11/h10-13,15H,2-9,14H2,1H3. The van der Waals surface area contributed by atoms with Gasteiger partial charge in [-0.25, -0.2) is 0 Å². The van der Waals surface area contributed by atoms with E-state index in [-0.39, 0.29) is 0 Å². The van der Waals surface area contributed by atoms with Gasteiger partial charge >= 0.3 is 0 Å². The number of hydrogen-bond acceptors (Lipinski definition) is 4. The zero-order valence-electron chi connectivity index (χ0n) is 10.9. The Bertz CT molecular complexity index is 215. The fourth-order valence-corrected chi connectivity index (χ4v) is 2.89. The second-order valence-corrected chi connectivity index (χ2v) is 5.38. The first-order valence-electron chi connectivity index (χ1n) is 6.95. The molecular weight excluding hydrogens is 216 g/mol. The van der Waals surface area contributed by atoms with E-state index >= 15 is 0 Å². The monoisotopic (exact) mass is 242 g/mol. The highest BCUT2D eigenvalue weighted by molar-refractivity contribution is 4.89. The second kappa shape index (κ2) is 6.69. The molecule has 0 aromatic heterocycles. The van der Waals surface area contributed by atoms with Gasteiger partial charge in [0.1, 0.15) is 0 Å². The van der Waals surface area contributed by atoms with E-state index in [2.05, 4.69) is 5.43 Å². The van der Waals surface area contributed by atoms with Crippen LogP contribution in [0, 0.1) is 5.92 Å². The summed E-state index contributed by atoms with van der Waals surface area (Å²) in [6, 6.07) is 0.300. The van der Waals surface area contributed by atoms with E-state index < -0.39 is 0 Å². The zero-order chi connectivity index (χ0) is 12.1. The van der Waals surface area contributed by atoms with Crippen molar-refractivity contribution >= 4 is 0 Å². The third kappa shape index (κ3) is 3.91. The fraction of sp³-hybridized carbons (Fsp3) is 1.00. The summed E-state index contributed by atoms with van der Waals surface area (Å²) in [5, 5.41) is 0. The van der Waals surface area contributed by atoms with Crippen LogP contribution in [0.3, 0.4) is 0 Å². The normalized spacial score (nSPS) is 28.2. The van der Waals surface area contributed by atoms with Crippen LogP contribution < -0.4 is 11.3 Å². The van der Waals surface area contributed by atoms with Gasteiger partial charge in [0, 0.05) is 19.8 Å². The first kappa shape index (κ1) is 13.3. The molecule has 2 aliphatic rings. The van der Waals surface area contributed by atoms with Gasteiger partial charge in [-0.2, -0.15) is 0 Å². The van der Waals surface area contributed by atoms with Crippen LogP contribution in [0.5, 0.6) is 0 Å². The summed E-state index contributed by atoms with van der Waals surface area (Å²) in [5.74, 6) is 6.37. The van der Waals surface area contributed by atoms with Crippen LogP contribution in [-0.2, 0) is 9.47 Å². The highest BCUT2D eigenvalue weighted by atomic mass is 16.5. The average molecular weight is 242 g/mol. The number of methoxy groups -OCH3 is 1. The van der Waals surface area contributed by atoms with Crippen molar-refractivity contribution in [1.29, 1.82) is 0 Å². The van der Waals surface area contributed by atoms with Crippen LogP contribution in [0.15, 0.2) is 0 Å². The molecule has 0 aromatic carbocycles. The van der Waals surface area contributed by atoms with Gasteiger partial charge in [0.05, 0.1) is 12.2 Å².